The van der Waals surface area contributed by atoms with Crippen molar-refractivity contribution < 1.29 is 0 Å². The second-order valence-electron chi connectivity index (χ2n) is 6.51. The SMILES string of the molecule is CCC(CC)N(CCCCC(C)(C#N)NC)CC(C)C. The van der Waals surface area contributed by atoms with Crippen molar-refractivity contribution in [3.63, 3.8) is 0 Å². The molecule has 0 aromatic heterocycles. The Balaban J connectivity index is 4.24. The van der Waals surface area contributed by atoms with Gasteiger partial charge in [0.05, 0.1) is 6.07 Å². The topological polar surface area (TPSA) is 39.1 Å². The number of rotatable bonds is 11. The summed E-state index contributed by atoms with van der Waals surface area (Å²) in [5.74, 6) is 0.720. The molecule has 0 aliphatic heterocycles. The van der Waals surface area contributed by atoms with Crippen LogP contribution in [0.4, 0.5) is 0 Å². The quantitative estimate of drug-likeness (QED) is 0.585. The lowest BCUT2D eigenvalue weighted by Crippen LogP contribution is -2.39. The van der Waals surface area contributed by atoms with Gasteiger partial charge in [0.2, 0.25) is 0 Å². The number of nitrogens with one attached hydrogen (secondary N) is 1. The van der Waals surface area contributed by atoms with Crippen LogP contribution in [0.3, 0.4) is 0 Å². The highest BCUT2D eigenvalue weighted by atomic mass is 15.1. The second kappa shape index (κ2) is 10.2. The molecule has 0 bridgehead atoms. The van der Waals surface area contributed by atoms with E-state index in [9.17, 15) is 0 Å². The van der Waals surface area contributed by atoms with Crippen molar-refractivity contribution in [2.75, 3.05) is 20.1 Å². The smallest absolute Gasteiger partial charge is 0.103 e. The van der Waals surface area contributed by atoms with Gasteiger partial charge in [0.15, 0.2) is 0 Å². The maximum atomic E-state index is 9.15. The highest BCUT2D eigenvalue weighted by molar-refractivity contribution is 5.02. The predicted molar refractivity (Wildman–Crippen MR) is 87.7 cm³/mol. The highest BCUT2D eigenvalue weighted by Gasteiger charge is 2.21. The molecule has 0 radical (unpaired) electrons. The Labute approximate surface area is 126 Å². The fourth-order valence-corrected chi connectivity index (χ4v) is 2.73. The summed E-state index contributed by atoms with van der Waals surface area (Å²) in [6.45, 7) is 13.5. The van der Waals surface area contributed by atoms with Gasteiger partial charge in [-0.2, -0.15) is 5.26 Å². The van der Waals surface area contributed by atoms with Crippen molar-refractivity contribution >= 4 is 0 Å². The molecule has 0 aromatic carbocycles. The maximum absolute atomic E-state index is 9.15. The van der Waals surface area contributed by atoms with Gasteiger partial charge in [0.1, 0.15) is 5.54 Å². The minimum Gasteiger partial charge on any atom is -0.303 e. The second-order valence-corrected chi connectivity index (χ2v) is 6.51. The standard InChI is InChI=1S/C17H35N3/c1-7-16(8-2)20(13-15(3)4)12-10-9-11-17(5,14-18)19-6/h15-16,19H,7-13H2,1-6H3. The van der Waals surface area contributed by atoms with Crippen LogP contribution in [0.15, 0.2) is 0 Å². The Hall–Kier alpha value is -0.590. The summed E-state index contributed by atoms with van der Waals surface area (Å²) in [5, 5.41) is 12.3. The Morgan fingerprint density at radius 1 is 1.20 bits per heavy atom. The molecular weight excluding hydrogens is 246 g/mol. The van der Waals surface area contributed by atoms with Gasteiger partial charge >= 0.3 is 0 Å². The van der Waals surface area contributed by atoms with Gasteiger partial charge in [-0.3, -0.25) is 0 Å². The third-order valence-corrected chi connectivity index (χ3v) is 4.23. The van der Waals surface area contributed by atoms with Gasteiger partial charge in [-0.25, -0.2) is 0 Å². The van der Waals surface area contributed by atoms with E-state index in [4.69, 9.17) is 5.26 Å². The first-order valence-corrected chi connectivity index (χ1v) is 8.26. The number of nitriles is 1. The van der Waals surface area contributed by atoms with E-state index in [2.05, 4.69) is 44.0 Å². The van der Waals surface area contributed by atoms with E-state index >= 15 is 0 Å². The summed E-state index contributed by atoms with van der Waals surface area (Å²) in [6, 6.07) is 3.08. The number of unbranched alkanes of at least 4 members (excludes halogenated alkanes) is 1. The molecule has 1 unspecified atom stereocenters. The summed E-state index contributed by atoms with van der Waals surface area (Å²) in [5.41, 5.74) is -0.363. The normalized spacial score (nSPS) is 14.8. The van der Waals surface area contributed by atoms with E-state index in [1.807, 2.05) is 14.0 Å². The lowest BCUT2D eigenvalue weighted by Gasteiger charge is -2.32. The molecular formula is C17H35N3. The van der Waals surface area contributed by atoms with Crippen LogP contribution in [0.2, 0.25) is 0 Å². The summed E-state index contributed by atoms with van der Waals surface area (Å²) in [7, 11) is 1.87. The molecule has 0 rings (SSSR count). The Morgan fingerprint density at radius 2 is 1.80 bits per heavy atom. The minimum absolute atomic E-state index is 0.363. The molecule has 1 atom stereocenters. The molecule has 0 saturated heterocycles. The van der Waals surface area contributed by atoms with Crippen LogP contribution in [0.1, 0.15) is 66.7 Å². The van der Waals surface area contributed by atoms with Crippen LogP contribution in [0.25, 0.3) is 0 Å². The predicted octanol–water partition coefficient (Wildman–Crippen LogP) is 3.80. The van der Waals surface area contributed by atoms with E-state index in [-0.39, 0.29) is 5.54 Å². The summed E-state index contributed by atoms with van der Waals surface area (Å²) in [6.07, 6.45) is 5.69. The van der Waals surface area contributed by atoms with Crippen LogP contribution in [-0.4, -0.2) is 36.6 Å². The molecule has 0 aromatic rings. The van der Waals surface area contributed by atoms with Crippen molar-refractivity contribution in [3.8, 4) is 6.07 Å². The molecule has 0 aliphatic carbocycles. The van der Waals surface area contributed by atoms with Gasteiger partial charge in [0.25, 0.3) is 0 Å². The van der Waals surface area contributed by atoms with Gasteiger partial charge < -0.3 is 10.2 Å². The number of hydrogen-bond acceptors (Lipinski definition) is 3. The Morgan fingerprint density at radius 3 is 2.20 bits per heavy atom. The highest BCUT2D eigenvalue weighted by Crippen LogP contribution is 2.16. The lowest BCUT2D eigenvalue weighted by atomic mass is 9.96. The van der Waals surface area contributed by atoms with E-state index in [1.165, 1.54) is 25.8 Å². The van der Waals surface area contributed by atoms with Crippen molar-refractivity contribution in [1.29, 1.82) is 5.26 Å². The summed E-state index contributed by atoms with van der Waals surface area (Å²) < 4.78 is 0. The monoisotopic (exact) mass is 281 g/mol. The van der Waals surface area contributed by atoms with Crippen molar-refractivity contribution in [1.82, 2.24) is 10.2 Å². The molecule has 0 aliphatic rings. The van der Waals surface area contributed by atoms with Gasteiger partial charge in [0, 0.05) is 12.6 Å². The van der Waals surface area contributed by atoms with Gasteiger partial charge in [-0.1, -0.05) is 27.7 Å². The molecule has 0 heterocycles. The number of nitrogens with zero attached hydrogens (tertiary/aromatic N) is 2. The molecule has 20 heavy (non-hydrogen) atoms. The maximum Gasteiger partial charge on any atom is 0.103 e. The van der Waals surface area contributed by atoms with E-state index in [0.717, 1.165) is 25.3 Å². The average molecular weight is 281 g/mol. The molecule has 3 heteroatoms. The van der Waals surface area contributed by atoms with E-state index < -0.39 is 0 Å². The largest absolute Gasteiger partial charge is 0.303 e. The van der Waals surface area contributed by atoms with Crippen LogP contribution in [0.5, 0.6) is 0 Å². The van der Waals surface area contributed by atoms with Crippen LogP contribution in [0, 0.1) is 17.2 Å². The van der Waals surface area contributed by atoms with Crippen molar-refractivity contribution in [2.24, 2.45) is 5.92 Å². The first-order valence-electron chi connectivity index (χ1n) is 8.26. The zero-order chi connectivity index (χ0) is 15.6. The van der Waals surface area contributed by atoms with Crippen LogP contribution >= 0.6 is 0 Å². The Kier molecular flexibility index (Phi) is 9.88. The average Bonchev–Trinajstić information content (AvgIpc) is 2.43. The van der Waals surface area contributed by atoms with Crippen molar-refractivity contribution in [3.05, 3.63) is 0 Å². The van der Waals surface area contributed by atoms with Gasteiger partial charge in [-0.15, -0.1) is 0 Å². The van der Waals surface area contributed by atoms with Crippen molar-refractivity contribution in [2.45, 2.75) is 78.3 Å². The van der Waals surface area contributed by atoms with E-state index in [1.54, 1.807) is 0 Å². The lowest BCUT2D eigenvalue weighted by molar-refractivity contribution is 0.161. The molecule has 118 valence electrons. The molecule has 3 nitrogen and oxygen atoms in total. The van der Waals surface area contributed by atoms with Crippen LogP contribution < -0.4 is 5.32 Å². The molecule has 1 N–H and O–H groups in total. The first-order chi connectivity index (χ1) is 9.42. The fourth-order valence-electron chi connectivity index (χ4n) is 2.73. The van der Waals surface area contributed by atoms with Gasteiger partial charge in [-0.05, 0) is 58.5 Å². The Bertz CT molecular complexity index is 278. The molecule has 0 spiro atoms. The number of hydrogen-bond donors (Lipinski definition) is 1. The minimum atomic E-state index is -0.363. The first kappa shape index (κ1) is 19.4. The zero-order valence-corrected chi connectivity index (χ0v) is 14.5. The molecule has 0 amide bonds. The van der Waals surface area contributed by atoms with Crippen LogP contribution in [-0.2, 0) is 0 Å². The summed E-state index contributed by atoms with van der Waals surface area (Å²) in [4.78, 5) is 2.65. The fraction of sp³-hybridized carbons (Fsp3) is 0.941. The third-order valence-electron chi connectivity index (χ3n) is 4.23. The third kappa shape index (κ3) is 7.26. The zero-order valence-electron chi connectivity index (χ0n) is 14.5. The molecule has 0 saturated carbocycles. The summed E-state index contributed by atoms with van der Waals surface area (Å²) >= 11 is 0. The van der Waals surface area contributed by atoms with E-state index in [0.29, 0.717) is 6.04 Å². The molecule has 0 fully saturated rings.